The highest BCUT2D eigenvalue weighted by molar-refractivity contribution is 7.13. The average Bonchev–Trinajstić information content (AvgIpc) is 2.98. The van der Waals surface area contributed by atoms with Gasteiger partial charge < -0.3 is 10.0 Å². The summed E-state index contributed by atoms with van der Waals surface area (Å²) in [6.45, 7) is 4.61. The van der Waals surface area contributed by atoms with Crippen LogP contribution in [-0.4, -0.2) is 53.2 Å². The molecule has 0 bridgehead atoms. The number of nitrogens with zero attached hydrogens (tertiary/aromatic N) is 3. The van der Waals surface area contributed by atoms with Crippen LogP contribution in [0.3, 0.4) is 0 Å². The molecular weight excluding hydrogens is 282 g/mol. The summed E-state index contributed by atoms with van der Waals surface area (Å²) >= 11 is 1.60. The SMILES string of the molecule is OCC1CCC2CN(c3nsc4ccccc34)CCN2C1. The van der Waals surface area contributed by atoms with Gasteiger partial charge in [-0.2, -0.15) is 4.37 Å². The number of aliphatic hydroxyl groups is 1. The fourth-order valence-corrected chi connectivity index (χ4v) is 4.50. The summed E-state index contributed by atoms with van der Waals surface area (Å²) in [7, 11) is 0. The number of piperidine rings is 1. The number of benzene rings is 1. The first-order valence-electron chi connectivity index (χ1n) is 7.79. The number of rotatable bonds is 2. The first-order chi connectivity index (χ1) is 10.3. The normalized spacial score (nSPS) is 27.0. The summed E-state index contributed by atoms with van der Waals surface area (Å²) in [4.78, 5) is 5.02. The fourth-order valence-electron chi connectivity index (χ4n) is 3.70. The van der Waals surface area contributed by atoms with Gasteiger partial charge in [0.1, 0.15) is 5.82 Å². The van der Waals surface area contributed by atoms with Crippen LogP contribution in [0, 0.1) is 5.92 Å². The molecular formula is C16H21N3OS. The van der Waals surface area contributed by atoms with E-state index in [4.69, 9.17) is 4.37 Å². The van der Waals surface area contributed by atoms with Gasteiger partial charge in [0.05, 0.1) is 4.70 Å². The maximum Gasteiger partial charge on any atom is 0.150 e. The Labute approximate surface area is 129 Å². The van der Waals surface area contributed by atoms with Gasteiger partial charge in [0.15, 0.2) is 0 Å². The largest absolute Gasteiger partial charge is 0.396 e. The first-order valence-corrected chi connectivity index (χ1v) is 8.57. The van der Waals surface area contributed by atoms with Gasteiger partial charge in [-0.1, -0.05) is 12.1 Å². The molecule has 2 fully saturated rings. The highest BCUT2D eigenvalue weighted by atomic mass is 32.1. The standard InChI is InChI=1S/C16H21N3OS/c20-11-12-5-6-13-10-19(8-7-18(13)9-12)16-14-3-1-2-4-15(14)21-17-16/h1-4,12-13,20H,5-11H2. The van der Waals surface area contributed by atoms with E-state index in [9.17, 15) is 5.11 Å². The minimum absolute atomic E-state index is 0.337. The van der Waals surface area contributed by atoms with Gasteiger partial charge in [-0.15, -0.1) is 0 Å². The van der Waals surface area contributed by atoms with Crippen molar-refractivity contribution in [3.8, 4) is 0 Å². The molecule has 5 heteroatoms. The molecule has 2 unspecified atom stereocenters. The second kappa shape index (κ2) is 5.55. The maximum atomic E-state index is 9.36. The van der Waals surface area contributed by atoms with Crippen LogP contribution in [0.1, 0.15) is 12.8 Å². The molecule has 1 N–H and O–H groups in total. The zero-order chi connectivity index (χ0) is 14.2. The summed E-state index contributed by atoms with van der Waals surface area (Å²) in [5, 5.41) is 10.6. The molecule has 2 aliphatic heterocycles. The number of fused-ring (bicyclic) bond motifs is 2. The van der Waals surface area contributed by atoms with E-state index in [1.165, 1.54) is 22.3 Å². The minimum Gasteiger partial charge on any atom is -0.396 e. The second-order valence-electron chi connectivity index (χ2n) is 6.22. The molecule has 2 aliphatic rings. The third-order valence-electron chi connectivity index (χ3n) is 4.92. The van der Waals surface area contributed by atoms with Crippen LogP contribution >= 0.6 is 11.5 Å². The van der Waals surface area contributed by atoms with Gasteiger partial charge in [0.2, 0.25) is 0 Å². The molecule has 0 aliphatic carbocycles. The van der Waals surface area contributed by atoms with E-state index in [1.54, 1.807) is 11.5 Å². The van der Waals surface area contributed by atoms with Gasteiger partial charge in [-0.25, -0.2) is 0 Å². The summed E-state index contributed by atoms with van der Waals surface area (Å²) < 4.78 is 5.97. The third kappa shape index (κ3) is 2.43. The summed E-state index contributed by atoms with van der Waals surface area (Å²) in [5.74, 6) is 1.65. The van der Waals surface area contributed by atoms with Crippen molar-refractivity contribution in [2.45, 2.75) is 18.9 Å². The van der Waals surface area contributed by atoms with Crippen molar-refractivity contribution < 1.29 is 5.11 Å². The van der Waals surface area contributed by atoms with Crippen molar-refractivity contribution in [2.75, 3.05) is 37.7 Å². The smallest absolute Gasteiger partial charge is 0.150 e. The Morgan fingerprint density at radius 1 is 1.19 bits per heavy atom. The Morgan fingerprint density at radius 3 is 3.00 bits per heavy atom. The molecule has 21 heavy (non-hydrogen) atoms. The molecule has 2 atom stereocenters. The van der Waals surface area contributed by atoms with Crippen LogP contribution in [0.2, 0.25) is 0 Å². The van der Waals surface area contributed by atoms with Crippen LogP contribution in [0.15, 0.2) is 24.3 Å². The zero-order valence-corrected chi connectivity index (χ0v) is 12.9. The van der Waals surface area contributed by atoms with Gasteiger partial charge >= 0.3 is 0 Å². The number of aliphatic hydroxyl groups excluding tert-OH is 1. The second-order valence-corrected chi connectivity index (χ2v) is 7.03. The topological polar surface area (TPSA) is 39.6 Å². The minimum atomic E-state index is 0.337. The lowest BCUT2D eigenvalue weighted by molar-refractivity contribution is 0.0673. The molecule has 4 nitrogen and oxygen atoms in total. The van der Waals surface area contributed by atoms with Gasteiger partial charge in [0, 0.05) is 44.2 Å². The fraction of sp³-hybridized carbons (Fsp3) is 0.562. The summed E-state index contributed by atoms with van der Waals surface area (Å²) in [6, 6.07) is 9.14. The third-order valence-corrected chi connectivity index (χ3v) is 5.74. The van der Waals surface area contributed by atoms with E-state index in [2.05, 4.69) is 34.1 Å². The molecule has 0 saturated carbocycles. The lowest BCUT2D eigenvalue weighted by atomic mass is 9.91. The van der Waals surface area contributed by atoms with E-state index in [1.807, 2.05) is 0 Å². The molecule has 4 rings (SSSR count). The Morgan fingerprint density at radius 2 is 2.10 bits per heavy atom. The highest BCUT2D eigenvalue weighted by Crippen LogP contribution is 2.32. The Hall–Kier alpha value is -1.17. The molecule has 2 saturated heterocycles. The predicted octanol–water partition coefficient (Wildman–Crippen LogP) is 2.19. The number of aromatic nitrogens is 1. The molecule has 2 aromatic rings. The summed E-state index contributed by atoms with van der Waals surface area (Å²) in [6.07, 6.45) is 2.35. The van der Waals surface area contributed by atoms with Crippen molar-refractivity contribution in [1.29, 1.82) is 0 Å². The van der Waals surface area contributed by atoms with E-state index >= 15 is 0 Å². The van der Waals surface area contributed by atoms with Crippen LogP contribution in [-0.2, 0) is 0 Å². The maximum absolute atomic E-state index is 9.36. The predicted molar refractivity (Wildman–Crippen MR) is 87.0 cm³/mol. The Balaban J connectivity index is 1.54. The lowest BCUT2D eigenvalue weighted by Gasteiger charge is -2.46. The van der Waals surface area contributed by atoms with Crippen molar-refractivity contribution in [1.82, 2.24) is 9.27 Å². The molecule has 0 radical (unpaired) electrons. The Bertz CT molecular complexity index is 629. The van der Waals surface area contributed by atoms with Gasteiger partial charge in [0.25, 0.3) is 0 Å². The van der Waals surface area contributed by atoms with Crippen LogP contribution in [0.25, 0.3) is 10.1 Å². The average molecular weight is 303 g/mol. The van der Waals surface area contributed by atoms with E-state index in [0.717, 1.165) is 32.6 Å². The monoisotopic (exact) mass is 303 g/mol. The van der Waals surface area contributed by atoms with E-state index in [-0.39, 0.29) is 0 Å². The number of anilines is 1. The highest BCUT2D eigenvalue weighted by Gasteiger charge is 2.33. The number of hydrogen-bond acceptors (Lipinski definition) is 5. The van der Waals surface area contributed by atoms with Gasteiger partial charge in [-0.05, 0) is 42.4 Å². The van der Waals surface area contributed by atoms with Crippen molar-refractivity contribution in [2.24, 2.45) is 5.92 Å². The van der Waals surface area contributed by atoms with Crippen LogP contribution < -0.4 is 4.90 Å². The first kappa shape index (κ1) is 13.5. The van der Waals surface area contributed by atoms with Crippen LogP contribution in [0.4, 0.5) is 5.82 Å². The van der Waals surface area contributed by atoms with Crippen molar-refractivity contribution in [3.05, 3.63) is 24.3 Å². The molecule has 0 spiro atoms. The molecule has 0 amide bonds. The quantitative estimate of drug-likeness (QED) is 0.923. The number of piperazine rings is 1. The summed E-state index contributed by atoms with van der Waals surface area (Å²) in [5.41, 5.74) is 0. The molecule has 1 aromatic heterocycles. The molecule has 112 valence electrons. The van der Waals surface area contributed by atoms with E-state index < -0.39 is 0 Å². The van der Waals surface area contributed by atoms with Gasteiger partial charge in [-0.3, -0.25) is 4.90 Å². The Kier molecular flexibility index (Phi) is 3.57. The van der Waals surface area contributed by atoms with Crippen LogP contribution in [0.5, 0.6) is 0 Å². The molecule has 3 heterocycles. The van der Waals surface area contributed by atoms with Crippen molar-refractivity contribution >= 4 is 27.4 Å². The van der Waals surface area contributed by atoms with E-state index in [0.29, 0.717) is 18.6 Å². The lowest BCUT2D eigenvalue weighted by Crippen LogP contribution is -2.57. The number of hydrogen-bond donors (Lipinski definition) is 1. The zero-order valence-electron chi connectivity index (χ0n) is 12.1. The molecule has 1 aromatic carbocycles. The van der Waals surface area contributed by atoms with Crippen molar-refractivity contribution in [3.63, 3.8) is 0 Å².